The molecule has 0 aliphatic heterocycles. The molecule has 4 rings (SSSR count). The summed E-state index contributed by atoms with van der Waals surface area (Å²) in [5.74, 6) is 0.465. The molecule has 0 radical (unpaired) electrons. The number of benzene rings is 3. The SMILES string of the molecule is COc1ccc(S(=O)(=O)c2ccc3ncc(C(N)=O)c(Nc4cccc(OC)c4)c3c2)cc1. The summed E-state index contributed by atoms with van der Waals surface area (Å²) < 4.78 is 36.9. The molecule has 0 unspecified atom stereocenters. The van der Waals surface area contributed by atoms with Crippen LogP contribution in [-0.2, 0) is 9.84 Å². The number of pyridine rings is 1. The maximum absolute atomic E-state index is 13.3. The van der Waals surface area contributed by atoms with Gasteiger partial charge >= 0.3 is 0 Å². The fourth-order valence-electron chi connectivity index (χ4n) is 3.40. The Labute approximate surface area is 190 Å². The van der Waals surface area contributed by atoms with Crippen molar-refractivity contribution >= 4 is 38.0 Å². The number of ether oxygens (including phenoxy) is 2. The van der Waals surface area contributed by atoms with Crippen LogP contribution in [0.1, 0.15) is 10.4 Å². The van der Waals surface area contributed by atoms with Crippen molar-refractivity contribution < 1.29 is 22.7 Å². The number of methoxy groups -OCH3 is 2. The lowest BCUT2D eigenvalue weighted by Gasteiger charge is -2.15. The monoisotopic (exact) mass is 463 g/mol. The molecule has 9 heteroatoms. The Morgan fingerprint density at radius 3 is 2.27 bits per heavy atom. The van der Waals surface area contributed by atoms with Gasteiger partial charge in [0.05, 0.1) is 40.8 Å². The van der Waals surface area contributed by atoms with Crippen LogP contribution >= 0.6 is 0 Å². The van der Waals surface area contributed by atoms with Crippen molar-refractivity contribution in [3.8, 4) is 11.5 Å². The molecule has 8 nitrogen and oxygen atoms in total. The first-order chi connectivity index (χ1) is 15.8. The van der Waals surface area contributed by atoms with Crippen molar-refractivity contribution in [1.82, 2.24) is 4.98 Å². The molecule has 0 saturated carbocycles. The zero-order valence-electron chi connectivity index (χ0n) is 17.9. The standard InChI is InChI=1S/C24H21N3O5S/c1-31-16-6-8-18(9-7-16)33(29,30)19-10-11-22-20(13-19)23(21(14-26-22)24(25)28)27-15-4-3-5-17(12-15)32-2/h3-14H,1-2H3,(H2,25,28)(H,26,27). The molecular weight excluding hydrogens is 442 g/mol. The first-order valence-corrected chi connectivity index (χ1v) is 11.3. The van der Waals surface area contributed by atoms with Crippen molar-refractivity contribution in [3.05, 3.63) is 78.5 Å². The van der Waals surface area contributed by atoms with Crippen LogP contribution in [0.5, 0.6) is 11.5 Å². The lowest BCUT2D eigenvalue weighted by Crippen LogP contribution is -2.14. The van der Waals surface area contributed by atoms with Gasteiger partial charge in [-0.1, -0.05) is 6.07 Å². The minimum Gasteiger partial charge on any atom is -0.497 e. The summed E-state index contributed by atoms with van der Waals surface area (Å²) in [6.45, 7) is 0. The zero-order valence-corrected chi connectivity index (χ0v) is 18.7. The summed E-state index contributed by atoms with van der Waals surface area (Å²) in [5.41, 5.74) is 7.20. The van der Waals surface area contributed by atoms with Crippen LogP contribution < -0.4 is 20.5 Å². The summed E-state index contributed by atoms with van der Waals surface area (Å²) in [6.07, 6.45) is 1.37. The minimum atomic E-state index is -3.84. The average molecular weight is 464 g/mol. The fourth-order valence-corrected chi connectivity index (χ4v) is 4.68. The number of hydrogen-bond donors (Lipinski definition) is 2. The molecule has 0 spiro atoms. The molecule has 0 aliphatic rings. The van der Waals surface area contributed by atoms with Crippen LogP contribution in [-0.4, -0.2) is 33.5 Å². The van der Waals surface area contributed by atoms with Gasteiger partial charge in [0.15, 0.2) is 0 Å². The third kappa shape index (κ3) is 4.31. The molecule has 0 aliphatic carbocycles. The number of rotatable bonds is 7. The highest BCUT2D eigenvalue weighted by Gasteiger charge is 2.21. The number of fused-ring (bicyclic) bond motifs is 1. The van der Waals surface area contributed by atoms with E-state index in [1.54, 1.807) is 49.6 Å². The number of hydrogen-bond acceptors (Lipinski definition) is 7. The summed E-state index contributed by atoms with van der Waals surface area (Å²) in [6, 6.07) is 17.8. The van der Waals surface area contributed by atoms with Gasteiger partial charge in [0.2, 0.25) is 9.84 Å². The maximum Gasteiger partial charge on any atom is 0.252 e. The van der Waals surface area contributed by atoms with E-state index in [1.165, 1.54) is 37.6 Å². The number of nitrogens with zero attached hydrogens (tertiary/aromatic N) is 1. The number of aromatic nitrogens is 1. The van der Waals surface area contributed by atoms with Crippen LogP contribution in [0.3, 0.4) is 0 Å². The number of carbonyl (C=O) groups excluding carboxylic acids is 1. The van der Waals surface area contributed by atoms with Crippen molar-refractivity contribution in [2.75, 3.05) is 19.5 Å². The highest BCUT2D eigenvalue weighted by atomic mass is 32.2. The molecule has 3 N–H and O–H groups in total. The fraction of sp³-hybridized carbons (Fsp3) is 0.0833. The van der Waals surface area contributed by atoms with Gasteiger partial charge in [0.25, 0.3) is 5.91 Å². The molecule has 168 valence electrons. The third-order valence-corrected chi connectivity index (χ3v) is 6.89. The largest absolute Gasteiger partial charge is 0.497 e. The van der Waals surface area contributed by atoms with Gasteiger partial charge in [-0.25, -0.2) is 8.42 Å². The predicted octanol–water partition coefficient (Wildman–Crippen LogP) is 3.93. The molecule has 3 aromatic carbocycles. The van der Waals surface area contributed by atoms with Crippen LogP contribution in [0, 0.1) is 0 Å². The Hall–Kier alpha value is -4.11. The Kier molecular flexibility index (Phi) is 5.89. The number of carbonyl (C=O) groups is 1. The van der Waals surface area contributed by atoms with Crippen molar-refractivity contribution in [1.29, 1.82) is 0 Å². The number of nitrogens with two attached hydrogens (primary N) is 1. The van der Waals surface area contributed by atoms with Gasteiger partial charge in [0, 0.05) is 23.3 Å². The van der Waals surface area contributed by atoms with Crippen LogP contribution in [0.2, 0.25) is 0 Å². The van der Waals surface area contributed by atoms with Crippen molar-refractivity contribution in [2.45, 2.75) is 9.79 Å². The second kappa shape index (κ2) is 8.79. The summed E-state index contributed by atoms with van der Waals surface area (Å²) in [4.78, 5) is 16.6. The van der Waals surface area contributed by atoms with E-state index in [0.717, 1.165) is 0 Å². The lowest BCUT2D eigenvalue weighted by atomic mass is 10.1. The number of sulfone groups is 1. The normalized spacial score (nSPS) is 11.2. The second-order valence-corrected chi connectivity index (χ2v) is 9.08. The molecule has 4 aromatic rings. The summed E-state index contributed by atoms with van der Waals surface area (Å²) in [5, 5.41) is 3.61. The summed E-state index contributed by atoms with van der Waals surface area (Å²) in [7, 11) is -0.781. The molecule has 0 atom stereocenters. The van der Waals surface area contributed by atoms with Crippen molar-refractivity contribution in [3.63, 3.8) is 0 Å². The van der Waals surface area contributed by atoms with Gasteiger partial charge < -0.3 is 20.5 Å². The summed E-state index contributed by atoms with van der Waals surface area (Å²) >= 11 is 0. The smallest absolute Gasteiger partial charge is 0.252 e. The van der Waals surface area contributed by atoms with Crippen LogP contribution in [0.15, 0.2) is 82.7 Å². The number of amides is 1. The first-order valence-electron chi connectivity index (χ1n) is 9.86. The van der Waals surface area contributed by atoms with E-state index >= 15 is 0 Å². The molecule has 1 amide bonds. The van der Waals surface area contributed by atoms with Crippen LogP contribution in [0.4, 0.5) is 11.4 Å². The highest BCUT2D eigenvalue weighted by molar-refractivity contribution is 7.91. The molecule has 1 aromatic heterocycles. The van der Waals surface area contributed by atoms with Gasteiger partial charge in [-0.15, -0.1) is 0 Å². The van der Waals surface area contributed by atoms with E-state index < -0.39 is 15.7 Å². The van der Waals surface area contributed by atoms with Crippen molar-refractivity contribution in [2.24, 2.45) is 5.73 Å². The molecule has 33 heavy (non-hydrogen) atoms. The Balaban J connectivity index is 1.87. The lowest BCUT2D eigenvalue weighted by molar-refractivity contribution is 0.100. The molecule has 0 fully saturated rings. The van der Waals surface area contributed by atoms with E-state index in [4.69, 9.17) is 15.2 Å². The van der Waals surface area contributed by atoms with E-state index in [2.05, 4.69) is 10.3 Å². The second-order valence-electron chi connectivity index (χ2n) is 7.13. The van der Waals surface area contributed by atoms with E-state index in [1.807, 2.05) is 0 Å². The number of primary amides is 1. The Morgan fingerprint density at radius 2 is 1.61 bits per heavy atom. The van der Waals surface area contributed by atoms with Gasteiger partial charge in [-0.2, -0.15) is 0 Å². The highest BCUT2D eigenvalue weighted by Crippen LogP contribution is 2.33. The van der Waals surface area contributed by atoms with Crippen LogP contribution in [0.25, 0.3) is 10.9 Å². The third-order valence-electron chi connectivity index (χ3n) is 5.12. The van der Waals surface area contributed by atoms with Gasteiger partial charge in [-0.05, 0) is 54.6 Å². The van der Waals surface area contributed by atoms with E-state index in [-0.39, 0.29) is 15.4 Å². The number of anilines is 2. The quantitative estimate of drug-likeness (QED) is 0.426. The predicted molar refractivity (Wildman–Crippen MR) is 125 cm³/mol. The zero-order chi connectivity index (χ0) is 23.6. The Bertz CT molecular complexity index is 1450. The Morgan fingerprint density at radius 1 is 0.909 bits per heavy atom. The van der Waals surface area contributed by atoms with Gasteiger partial charge in [0.1, 0.15) is 11.5 Å². The number of nitrogens with one attached hydrogen (secondary N) is 1. The minimum absolute atomic E-state index is 0.0530. The average Bonchev–Trinajstić information content (AvgIpc) is 2.83. The maximum atomic E-state index is 13.3. The van der Waals surface area contributed by atoms with E-state index in [0.29, 0.717) is 33.8 Å². The molecule has 1 heterocycles. The van der Waals surface area contributed by atoms with Gasteiger partial charge in [-0.3, -0.25) is 9.78 Å². The molecule has 0 bridgehead atoms. The van der Waals surface area contributed by atoms with E-state index in [9.17, 15) is 13.2 Å². The topological polar surface area (TPSA) is 121 Å². The first kappa shape index (κ1) is 22.1. The molecule has 0 saturated heterocycles. The molecular formula is C24H21N3O5S.